The Morgan fingerprint density at radius 1 is 1.53 bits per heavy atom. The number of ether oxygens (including phenoxy) is 1. The normalized spacial score (nSPS) is 10.3. The van der Waals surface area contributed by atoms with E-state index in [4.69, 9.17) is 0 Å². The van der Waals surface area contributed by atoms with Crippen LogP contribution in [-0.4, -0.2) is 27.6 Å². The van der Waals surface area contributed by atoms with E-state index < -0.39 is 0 Å². The van der Waals surface area contributed by atoms with Crippen LogP contribution in [0.2, 0.25) is 0 Å². The number of carbonyl (C=O) groups excluding carboxylic acids is 1. The summed E-state index contributed by atoms with van der Waals surface area (Å²) >= 11 is 1.29. The van der Waals surface area contributed by atoms with E-state index in [1.54, 1.807) is 12.5 Å². The van der Waals surface area contributed by atoms with Gasteiger partial charge in [0.25, 0.3) is 0 Å². The maximum atomic E-state index is 11.2. The largest absolute Gasteiger partial charge is 0.465 e. The van der Waals surface area contributed by atoms with Crippen LogP contribution < -0.4 is 0 Å². The van der Waals surface area contributed by atoms with Crippen LogP contribution in [0.1, 0.15) is 9.67 Å². The minimum atomic E-state index is -0.360. The third kappa shape index (κ3) is 1.75. The average molecular weight is 223 g/mol. The molecule has 2 aromatic rings. The molecule has 0 saturated heterocycles. The van der Waals surface area contributed by atoms with Crippen molar-refractivity contribution in [2.45, 2.75) is 0 Å². The van der Waals surface area contributed by atoms with Crippen LogP contribution in [-0.2, 0) is 11.8 Å². The molecule has 0 unspecified atom stereocenters. The maximum Gasteiger partial charge on any atom is 0.349 e. The van der Waals surface area contributed by atoms with Gasteiger partial charge in [0.2, 0.25) is 0 Å². The number of hydrogen-bond donors (Lipinski definition) is 0. The number of nitrogens with zero attached hydrogens (tertiary/aromatic N) is 3. The smallest absolute Gasteiger partial charge is 0.349 e. The van der Waals surface area contributed by atoms with Crippen molar-refractivity contribution in [2.75, 3.05) is 7.11 Å². The summed E-state index contributed by atoms with van der Waals surface area (Å²) in [5.41, 5.74) is 0.884. The van der Waals surface area contributed by atoms with Gasteiger partial charge < -0.3 is 9.30 Å². The van der Waals surface area contributed by atoms with Crippen molar-refractivity contribution >= 4 is 17.3 Å². The second-order valence-electron chi connectivity index (χ2n) is 2.91. The predicted octanol–water partition coefficient (Wildman–Crippen LogP) is 1.33. The van der Waals surface area contributed by atoms with Crippen molar-refractivity contribution in [1.82, 2.24) is 14.5 Å². The molecule has 0 bridgehead atoms. The SMILES string of the molecule is COC(=O)c1cnc(-c2cncn2C)s1. The van der Waals surface area contributed by atoms with Crippen LogP contribution in [0.25, 0.3) is 10.7 Å². The minimum absolute atomic E-state index is 0.360. The summed E-state index contributed by atoms with van der Waals surface area (Å²) in [5.74, 6) is -0.360. The Morgan fingerprint density at radius 3 is 2.93 bits per heavy atom. The number of thiazole rings is 1. The fraction of sp³-hybridized carbons (Fsp3) is 0.222. The third-order valence-electron chi connectivity index (χ3n) is 1.93. The number of aromatic nitrogens is 3. The first-order valence-electron chi connectivity index (χ1n) is 4.23. The topological polar surface area (TPSA) is 57.0 Å². The van der Waals surface area contributed by atoms with E-state index in [9.17, 15) is 4.79 Å². The molecule has 0 spiro atoms. The van der Waals surface area contributed by atoms with Gasteiger partial charge in [-0.3, -0.25) is 0 Å². The summed E-state index contributed by atoms with van der Waals surface area (Å²) < 4.78 is 6.45. The Bertz CT molecular complexity index is 489. The minimum Gasteiger partial charge on any atom is -0.465 e. The van der Waals surface area contributed by atoms with Crippen molar-refractivity contribution in [2.24, 2.45) is 7.05 Å². The van der Waals surface area contributed by atoms with Crippen LogP contribution in [0.5, 0.6) is 0 Å². The van der Waals surface area contributed by atoms with Crippen LogP contribution in [0.15, 0.2) is 18.7 Å². The molecule has 0 radical (unpaired) electrons. The molecule has 0 amide bonds. The van der Waals surface area contributed by atoms with Gasteiger partial charge in [0, 0.05) is 7.05 Å². The molecule has 0 fully saturated rings. The average Bonchev–Trinajstić information content (AvgIpc) is 2.84. The van der Waals surface area contributed by atoms with Gasteiger partial charge in [-0.05, 0) is 0 Å². The Hall–Kier alpha value is -1.69. The van der Waals surface area contributed by atoms with Gasteiger partial charge in [-0.2, -0.15) is 0 Å². The molecule has 0 aromatic carbocycles. The number of rotatable bonds is 2. The monoisotopic (exact) mass is 223 g/mol. The first-order chi connectivity index (χ1) is 7.22. The molecule has 0 aliphatic heterocycles. The summed E-state index contributed by atoms with van der Waals surface area (Å²) in [6.07, 6.45) is 4.91. The van der Waals surface area contributed by atoms with E-state index in [1.165, 1.54) is 24.6 Å². The van der Waals surface area contributed by atoms with Crippen LogP contribution in [0.3, 0.4) is 0 Å². The highest BCUT2D eigenvalue weighted by Gasteiger charge is 2.13. The number of methoxy groups -OCH3 is 1. The van der Waals surface area contributed by atoms with Gasteiger partial charge in [0.15, 0.2) is 0 Å². The highest BCUT2D eigenvalue weighted by molar-refractivity contribution is 7.16. The number of aryl methyl sites for hydroxylation is 1. The highest BCUT2D eigenvalue weighted by atomic mass is 32.1. The van der Waals surface area contributed by atoms with Gasteiger partial charge in [-0.15, -0.1) is 11.3 Å². The summed E-state index contributed by atoms with van der Waals surface area (Å²) in [6, 6.07) is 0. The highest BCUT2D eigenvalue weighted by Crippen LogP contribution is 2.24. The summed E-state index contributed by atoms with van der Waals surface area (Å²) in [5, 5.41) is 0.760. The molecule has 2 aromatic heterocycles. The Labute approximate surface area is 90.4 Å². The Kier molecular flexibility index (Phi) is 2.51. The van der Waals surface area contributed by atoms with E-state index in [0.717, 1.165) is 10.7 Å². The molecule has 6 heteroatoms. The Morgan fingerprint density at radius 2 is 2.33 bits per heavy atom. The number of hydrogen-bond acceptors (Lipinski definition) is 5. The molecule has 5 nitrogen and oxygen atoms in total. The molecule has 0 aliphatic carbocycles. The van der Waals surface area contributed by atoms with Crippen molar-refractivity contribution in [3.8, 4) is 10.7 Å². The maximum absolute atomic E-state index is 11.2. The van der Waals surface area contributed by atoms with E-state index >= 15 is 0 Å². The van der Waals surface area contributed by atoms with E-state index in [-0.39, 0.29) is 5.97 Å². The van der Waals surface area contributed by atoms with E-state index in [0.29, 0.717) is 4.88 Å². The van der Waals surface area contributed by atoms with E-state index in [1.807, 2.05) is 11.6 Å². The zero-order chi connectivity index (χ0) is 10.8. The Balaban J connectivity index is 2.36. The quantitative estimate of drug-likeness (QED) is 0.721. The molecule has 0 aliphatic rings. The molecule has 0 atom stereocenters. The molecule has 78 valence electrons. The first-order valence-corrected chi connectivity index (χ1v) is 5.05. The molecule has 2 rings (SSSR count). The van der Waals surface area contributed by atoms with Gasteiger partial charge >= 0.3 is 5.97 Å². The number of imidazole rings is 1. The first kappa shape index (κ1) is 9.85. The second-order valence-corrected chi connectivity index (χ2v) is 3.94. The zero-order valence-corrected chi connectivity index (χ0v) is 9.11. The lowest BCUT2D eigenvalue weighted by molar-refractivity contribution is 0.0606. The molecule has 15 heavy (non-hydrogen) atoms. The van der Waals surface area contributed by atoms with Crippen LogP contribution in [0.4, 0.5) is 0 Å². The standard InChI is InChI=1S/C9H9N3O2S/c1-12-5-10-3-6(12)8-11-4-7(15-8)9(13)14-2/h3-5H,1-2H3. The fourth-order valence-electron chi connectivity index (χ4n) is 1.15. The van der Waals surface area contributed by atoms with Crippen molar-refractivity contribution in [3.05, 3.63) is 23.6 Å². The summed E-state index contributed by atoms with van der Waals surface area (Å²) in [4.78, 5) is 19.8. The molecule has 0 saturated carbocycles. The molecular weight excluding hydrogens is 214 g/mol. The fourth-order valence-corrected chi connectivity index (χ4v) is 2.04. The van der Waals surface area contributed by atoms with Gasteiger partial charge in [-0.25, -0.2) is 14.8 Å². The van der Waals surface area contributed by atoms with Crippen molar-refractivity contribution in [3.63, 3.8) is 0 Å². The van der Waals surface area contributed by atoms with Gasteiger partial charge in [0.1, 0.15) is 9.88 Å². The van der Waals surface area contributed by atoms with Crippen molar-refractivity contribution in [1.29, 1.82) is 0 Å². The van der Waals surface area contributed by atoms with Crippen LogP contribution >= 0.6 is 11.3 Å². The zero-order valence-electron chi connectivity index (χ0n) is 8.30. The lowest BCUT2D eigenvalue weighted by Crippen LogP contribution is -1.96. The van der Waals surface area contributed by atoms with Crippen LogP contribution in [0, 0.1) is 0 Å². The summed E-state index contributed by atoms with van der Waals surface area (Å²) in [7, 11) is 3.23. The van der Waals surface area contributed by atoms with Gasteiger partial charge in [0.05, 0.1) is 31.5 Å². The predicted molar refractivity (Wildman–Crippen MR) is 55.7 cm³/mol. The number of carbonyl (C=O) groups is 1. The lowest BCUT2D eigenvalue weighted by atomic mass is 10.5. The number of esters is 1. The van der Waals surface area contributed by atoms with Crippen molar-refractivity contribution < 1.29 is 9.53 Å². The molecule has 0 N–H and O–H groups in total. The molecular formula is C9H9N3O2S. The van der Waals surface area contributed by atoms with E-state index in [2.05, 4.69) is 14.7 Å². The third-order valence-corrected chi connectivity index (χ3v) is 2.93. The molecule has 2 heterocycles. The summed E-state index contributed by atoms with van der Waals surface area (Å²) in [6.45, 7) is 0. The van der Waals surface area contributed by atoms with Gasteiger partial charge in [-0.1, -0.05) is 0 Å². The second kappa shape index (κ2) is 3.82. The lowest BCUT2D eigenvalue weighted by Gasteiger charge is -1.95.